The molecule has 2 N–H and O–H groups in total. The zero-order valence-corrected chi connectivity index (χ0v) is 9.97. The van der Waals surface area contributed by atoms with E-state index in [0.717, 1.165) is 12.0 Å². The molecule has 0 aromatic rings. The van der Waals surface area contributed by atoms with E-state index in [1.807, 2.05) is 18.2 Å². The van der Waals surface area contributed by atoms with Crippen molar-refractivity contribution in [3.63, 3.8) is 0 Å². The third kappa shape index (κ3) is 4.30. The molecular formula is C12H17NO4. The zero-order chi connectivity index (χ0) is 12.8. The molecule has 0 heterocycles. The van der Waals surface area contributed by atoms with Gasteiger partial charge in [0.15, 0.2) is 0 Å². The summed E-state index contributed by atoms with van der Waals surface area (Å²) in [5.41, 5.74) is 0.923. The first-order valence-corrected chi connectivity index (χ1v) is 5.47. The molecule has 0 saturated heterocycles. The Labute approximate surface area is 100 Å². The van der Waals surface area contributed by atoms with Gasteiger partial charge in [0.1, 0.15) is 6.04 Å². The number of carbonyl (C=O) groups is 2. The van der Waals surface area contributed by atoms with E-state index < -0.39 is 18.1 Å². The van der Waals surface area contributed by atoms with E-state index in [2.05, 4.69) is 17.0 Å². The number of hydrogen-bond donors (Lipinski definition) is 2. The number of methoxy groups -OCH3 is 1. The highest BCUT2D eigenvalue weighted by molar-refractivity contribution is 5.80. The second kappa shape index (κ2) is 6.08. The standard InChI is InChI=1S/C12H17NO4/c1-8-3-5-9(6-4-8)7-10(11(14)15)13-12(16)17-2/h3,5-6,8,10H,4,7H2,1-2H3,(H,13,16)(H,14,15). The minimum absolute atomic E-state index is 0.271. The fraction of sp³-hybridized carbons (Fsp3) is 0.500. The van der Waals surface area contributed by atoms with Crippen LogP contribution < -0.4 is 5.32 Å². The number of carboxylic acids is 1. The number of alkyl carbamates (subject to hydrolysis) is 1. The summed E-state index contributed by atoms with van der Waals surface area (Å²) >= 11 is 0. The van der Waals surface area contributed by atoms with E-state index in [1.54, 1.807) is 0 Å². The molecule has 0 spiro atoms. The van der Waals surface area contributed by atoms with Gasteiger partial charge in [-0.25, -0.2) is 9.59 Å². The van der Waals surface area contributed by atoms with Crippen LogP contribution in [-0.2, 0) is 9.53 Å². The predicted molar refractivity (Wildman–Crippen MR) is 62.6 cm³/mol. The maximum Gasteiger partial charge on any atom is 0.407 e. The molecule has 1 rings (SSSR count). The lowest BCUT2D eigenvalue weighted by Gasteiger charge is -2.17. The molecule has 0 aliphatic heterocycles. The number of hydrogen-bond acceptors (Lipinski definition) is 3. The van der Waals surface area contributed by atoms with Crippen LogP contribution in [0.4, 0.5) is 4.79 Å². The monoisotopic (exact) mass is 239 g/mol. The molecule has 0 aromatic carbocycles. The van der Waals surface area contributed by atoms with Crippen molar-refractivity contribution in [3.8, 4) is 0 Å². The lowest BCUT2D eigenvalue weighted by atomic mass is 9.95. The normalized spacial score (nSPS) is 20.4. The summed E-state index contributed by atoms with van der Waals surface area (Å²) in [6.45, 7) is 2.09. The second-order valence-corrected chi connectivity index (χ2v) is 4.08. The van der Waals surface area contributed by atoms with Gasteiger partial charge in [-0.1, -0.05) is 25.2 Å². The quantitative estimate of drug-likeness (QED) is 0.783. The lowest BCUT2D eigenvalue weighted by molar-refractivity contribution is -0.139. The van der Waals surface area contributed by atoms with Crippen molar-refractivity contribution in [2.45, 2.75) is 25.8 Å². The van der Waals surface area contributed by atoms with Gasteiger partial charge >= 0.3 is 12.1 Å². The van der Waals surface area contributed by atoms with Crippen molar-refractivity contribution in [2.75, 3.05) is 7.11 Å². The fourth-order valence-corrected chi connectivity index (χ4v) is 1.56. The van der Waals surface area contributed by atoms with E-state index in [0.29, 0.717) is 5.92 Å². The van der Waals surface area contributed by atoms with Gasteiger partial charge in [-0.15, -0.1) is 0 Å². The third-order valence-corrected chi connectivity index (χ3v) is 2.61. The number of allylic oxidation sites excluding steroid dienone is 3. The second-order valence-electron chi connectivity index (χ2n) is 4.08. The molecule has 0 saturated carbocycles. The van der Waals surface area contributed by atoms with Crippen LogP contribution in [0.1, 0.15) is 19.8 Å². The van der Waals surface area contributed by atoms with Crippen LogP contribution in [0.5, 0.6) is 0 Å². The Kier molecular flexibility index (Phi) is 4.75. The number of carboxylic acid groups (broad SMARTS) is 1. The Morgan fingerprint density at radius 3 is 2.82 bits per heavy atom. The van der Waals surface area contributed by atoms with Gasteiger partial charge in [0.05, 0.1) is 7.11 Å². The Hall–Kier alpha value is -1.78. The predicted octanol–water partition coefficient (Wildman–Crippen LogP) is 1.71. The van der Waals surface area contributed by atoms with Crippen LogP contribution in [0.25, 0.3) is 0 Å². The van der Waals surface area contributed by atoms with E-state index in [4.69, 9.17) is 5.11 Å². The van der Waals surface area contributed by atoms with Crippen molar-refractivity contribution >= 4 is 12.1 Å². The maximum absolute atomic E-state index is 11.0. The number of aliphatic carboxylic acids is 1. The first kappa shape index (κ1) is 13.3. The molecule has 17 heavy (non-hydrogen) atoms. The van der Waals surface area contributed by atoms with Gasteiger partial charge < -0.3 is 15.2 Å². The average Bonchev–Trinajstić information content (AvgIpc) is 2.30. The molecule has 2 unspecified atom stereocenters. The van der Waals surface area contributed by atoms with E-state index in [9.17, 15) is 9.59 Å². The highest BCUT2D eigenvalue weighted by Gasteiger charge is 2.21. The molecule has 0 bridgehead atoms. The van der Waals surface area contributed by atoms with Crippen molar-refractivity contribution in [1.82, 2.24) is 5.32 Å². The van der Waals surface area contributed by atoms with E-state index in [-0.39, 0.29) is 6.42 Å². The van der Waals surface area contributed by atoms with Crippen LogP contribution in [0.3, 0.4) is 0 Å². The summed E-state index contributed by atoms with van der Waals surface area (Å²) in [4.78, 5) is 22.0. The topological polar surface area (TPSA) is 75.6 Å². The Morgan fingerprint density at radius 1 is 1.65 bits per heavy atom. The molecule has 94 valence electrons. The number of rotatable bonds is 4. The van der Waals surface area contributed by atoms with Crippen LogP contribution >= 0.6 is 0 Å². The largest absolute Gasteiger partial charge is 0.480 e. The van der Waals surface area contributed by atoms with Crippen LogP contribution in [-0.4, -0.2) is 30.3 Å². The van der Waals surface area contributed by atoms with E-state index in [1.165, 1.54) is 7.11 Å². The molecule has 2 atom stereocenters. The Morgan fingerprint density at radius 2 is 2.35 bits per heavy atom. The number of nitrogens with one attached hydrogen (secondary N) is 1. The Bertz CT molecular complexity index is 360. The molecule has 5 heteroatoms. The third-order valence-electron chi connectivity index (χ3n) is 2.61. The summed E-state index contributed by atoms with van der Waals surface area (Å²) < 4.78 is 4.39. The highest BCUT2D eigenvalue weighted by Crippen LogP contribution is 2.19. The maximum atomic E-state index is 11.0. The smallest absolute Gasteiger partial charge is 0.407 e. The first-order chi connectivity index (χ1) is 8.02. The molecule has 0 radical (unpaired) electrons. The summed E-state index contributed by atoms with van der Waals surface area (Å²) in [7, 11) is 1.20. The Balaban J connectivity index is 2.59. The molecular weight excluding hydrogens is 222 g/mol. The van der Waals surface area contributed by atoms with Crippen LogP contribution in [0, 0.1) is 5.92 Å². The molecule has 5 nitrogen and oxygen atoms in total. The van der Waals surface area contributed by atoms with Gasteiger partial charge in [-0.3, -0.25) is 0 Å². The molecule has 0 aromatic heterocycles. The fourth-order valence-electron chi connectivity index (χ4n) is 1.56. The number of carbonyl (C=O) groups excluding carboxylic acids is 1. The van der Waals surface area contributed by atoms with Gasteiger partial charge in [0.2, 0.25) is 0 Å². The van der Waals surface area contributed by atoms with Gasteiger partial charge in [0, 0.05) is 6.42 Å². The molecule has 0 fully saturated rings. The van der Waals surface area contributed by atoms with Crippen molar-refractivity contribution in [3.05, 3.63) is 23.8 Å². The summed E-state index contributed by atoms with van der Waals surface area (Å²) in [6.07, 6.45) is 6.38. The highest BCUT2D eigenvalue weighted by atomic mass is 16.5. The van der Waals surface area contributed by atoms with Crippen LogP contribution in [0.2, 0.25) is 0 Å². The van der Waals surface area contributed by atoms with Crippen molar-refractivity contribution in [2.24, 2.45) is 5.92 Å². The van der Waals surface area contributed by atoms with Crippen molar-refractivity contribution in [1.29, 1.82) is 0 Å². The number of ether oxygens (including phenoxy) is 1. The zero-order valence-electron chi connectivity index (χ0n) is 9.97. The average molecular weight is 239 g/mol. The number of amides is 1. The van der Waals surface area contributed by atoms with Crippen LogP contribution in [0.15, 0.2) is 23.8 Å². The SMILES string of the molecule is COC(=O)NC(CC1=CCC(C)C=C1)C(=O)O. The summed E-state index contributed by atoms with van der Waals surface area (Å²) in [5.74, 6) is -0.584. The molecule has 1 aliphatic carbocycles. The summed E-state index contributed by atoms with van der Waals surface area (Å²) in [6, 6.07) is -0.952. The van der Waals surface area contributed by atoms with Gasteiger partial charge in [0.25, 0.3) is 0 Å². The molecule has 1 amide bonds. The molecule has 1 aliphatic rings. The first-order valence-electron chi connectivity index (χ1n) is 5.47. The minimum atomic E-state index is -1.07. The van der Waals surface area contributed by atoms with Crippen molar-refractivity contribution < 1.29 is 19.4 Å². The van der Waals surface area contributed by atoms with Gasteiger partial charge in [-0.05, 0) is 17.9 Å². The van der Waals surface area contributed by atoms with Gasteiger partial charge in [-0.2, -0.15) is 0 Å². The summed E-state index contributed by atoms with van der Waals surface area (Å²) in [5, 5.41) is 11.3. The lowest BCUT2D eigenvalue weighted by Crippen LogP contribution is -2.40. The minimum Gasteiger partial charge on any atom is -0.480 e. The van der Waals surface area contributed by atoms with E-state index >= 15 is 0 Å².